The van der Waals surface area contributed by atoms with Gasteiger partial charge in [0.1, 0.15) is 0 Å². The van der Waals surface area contributed by atoms with Crippen molar-refractivity contribution in [2.24, 2.45) is 5.73 Å². The van der Waals surface area contributed by atoms with Gasteiger partial charge in [-0.05, 0) is 31.2 Å². The Kier molecular flexibility index (Phi) is 4.88. The Bertz CT molecular complexity index is 325. The van der Waals surface area contributed by atoms with Crippen molar-refractivity contribution >= 4 is 12.6 Å². The molecule has 0 saturated carbocycles. The molecule has 0 spiro atoms. The van der Waals surface area contributed by atoms with Crippen LogP contribution in [0.5, 0.6) is 0 Å². The standard InChI is InChI=1S/C12H18N2S/c1-3-10(14-2)8-12(13)9-5-4-6-11(15)7-9/h3-7,10,12,14-15H,1,8,13H2,2H3. The lowest BCUT2D eigenvalue weighted by molar-refractivity contribution is 0.541. The van der Waals surface area contributed by atoms with Crippen molar-refractivity contribution in [2.75, 3.05) is 7.05 Å². The molecule has 1 rings (SSSR count). The number of benzene rings is 1. The van der Waals surface area contributed by atoms with Gasteiger partial charge in [-0.1, -0.05) is 18.2 Å². The Balaban J connectivity index is 2.67. The summed E-state index contributed by atoms with van der Waals surface area (Å²) in [6, 6.07) is 8.22. The summed E-state index contributed by atoms with van der Waals surface area (Å²) in [6.07, 6.45) is 2.72. The summed E-state index contributed by atoms with van der Waals surface area (Å²) < 4.78 is 0. The summed E-state index contributed by atoms with van der Waals surface area (Å²) in [5, 5.41) is 3.15. The number of thiol groups is 1. The average molecular weight is 222 g/mol. The average Bonchev–Trinajstić information content (AvgIpc) is 2.25. The van der Waals surface area contributed by atoms with E-state index in [0.29, 0.717) is 0 Å². The van der Waals surface area contributed by atoms with Crippen LogP contribution in [-0.2, 0) is 0 Å². The minimum atomic E-state index is 0.0209. The van der Waals surface area contributed by atoms with Gasteiger partial charge in [-0.2, -0.15) is 0 Å². The first-order valence-electron chi connectivity index (χ1n) is 5.01. The molecule has 3 N–H and O–H groups in total. The molecule has 0 fully saturated rings. The van der Waals surface area contributed by atoms with Crippen LogP contribution in [0.25, 0.3) is 0 Å². The number of nitrogens with one attached hydrogen (secondary N) is 1. The minimum Gasteiger partial charge on any atom is -0.324 e. The lowest BCUT2D eigenvalue weighted by Crippen LogP contribution is -2.27. The zero-order valence-corrected chi connectivity index (χ0v) is 9.87. The first kappa shape index (κ1) is 12.3. The molecule has 0 heterocycles. The van der Waals surface area contributed by atoms with Gasteiger partial charge in [0.05, 0.1) is 0 Å². The molecule has 0 aliphatic heterocycles. The molecular weight excluding hydrogens is 204 g/mol. The molecule has 2 unspecified atom stereocenters. The fourth-order valence-electron chi connectivity index (χ4n) is 1.50. The lowest BCUT2D eigenvalue weighted by Gasteiger charge is -2.17. The minimum absolute atomic E-state index is 0.0209. The van der Waals surface area contributed by atoms with Crippen LogP contribution in [0.3, 0.4) is 0 Å². The first-order valence-corrected chi connectivity index (χ1v) is 5.46. The van der Waals surface area contributed by atoms with E-state index in [-0.39, 0.29) is 12.1 Å². The summed E-state index contributed by atoms with van der Waals surface area (Å²) in [5.41, 5.74) is 7.21. The van der Waals surface area contributed by atoms with Crippen molar-refractivity contribution in [3.63, 3.8) is 0 Å². The van der Waals surface area contributed by atoms with Crippen molar-refractivity contribution in [2.45, 2.75) is 23.4 Å². The summed E-state index contributed by atoms with van der Waals surface area (Å²) in [5.74, 6) is 0. The zero-order valence-electron chi connectivity index (χ0n) is 8.98. The molecule has 15 heavy (non-hydrogen) atoms. The van der Waals surface area contributed by atoms with Gasteiger partial charge in [0, 0.05) is 17.0 Å². The van der Waals surface area contributed by atoms with E-state index in [1.807, 2.05) is 37.4 Å². The molecule has 1 aromatic rings. The maximum Gasteiger partial charge on any atom is 0.0313 e. The van der Waals surface area contributed by atoms with Crippen LogP contribution < -0.4 is 11.1 Å². The van der Waals surface area contributed by atoms with E-state index >= 15 is 0 Å². The number of hydrogen-bond donors (Lipinski definition) is 3. The molecule has 82 valence electrons. The van der Waals surface area contributed by atoms with E-state index in [9.17, 15) is 0 Å². The Morgan fingerprint density at radius 1 is 1.60 bits per heavy atom. The van der Waals surface area contributed by atoms with E-state index in [4.69, 9.17) is 5.73 Å². The van der Waals surface area contributed by atoms with Crippen LogP contribution in [0, 0.1) is 0 Å². The monoisotopic (exact) mass is 222 g/mol. The van der Waals surface area contributed by atoms with Gasteiger partial charge < -0.3 is 11.1 Å². The van der Waals surface area contributed by atoms with E-state index in [0.717, 1.165) is 16.9 Å². The summed E-state index contributed by atoms with van der Waals surface area (Å²) >= 11 is 4.29. The number of nitrogens with two attached hydrogens (primary N) is 1. The van der Waals surface area contributed by atoms with Gasteiger partial charge in [0.15, 0.2) is 0 Å². The Morgan fingerprint density at radius 3 is 2.87 bits per heavy atom. The Labute approximate surface area is 97.0 Å². The molecule has 3 heteroatoms. The lowest BCUT2D eigenvalue weighted by atomic mass is 10.0. The van der Waals surface area contributed by atoms with Crippen molar-refractivity contribution in [3.8, 4) is 0 Å². The first-order chi connectivity index (χ1) is 7.17. The smallest absolute Gasteiger partial charge is 0.0313 e. The second-order valence-electron chi connectivity index (χ2n) is 3.57. The van der Waals surface area contributed by atoms with Crippen molar-refractivity contribution in [1.29, 1.82) is 0 Å². The normalized spacial score (nSPS) is 14.6. The molecule has 0 amide bonds. The number of likely N-dealkylation sites (N-methyl/N-ethyl adjacent to an activating group) is 1. The van der Waals surface area contributed by atoms with Gasteiger partial charge in [0.2, 0.25) is 0 Å². The highest BCUT2D eigenvalue weighted by atomic mass is 32.1. The van der Waals surface area contributed by atoms with Crippen molar-refractivity contribution < 1.29 is 0 Å². The number of hydrogen-bond acceptors (Lipinski definition) is 3. The fourth-order valence-corrected chi connectivity index (χ4v) is 1.73. The predicted octanol–water partition coefficient (Wildman–Crippen LogP) is 2.14. The largest absolute Gasteiger partial charge is 0.324 e. The van der Waals surface area contributed by atoms with Crippen molar-refractivity contribution in [3.05, 3.63) is 42.5 Å². The second kappa shape index (κ2) is 5.95. The fraction of sp³-hybridized carbons (Fsp3) is 0.333. The summed E-state index contributed by atoms with van der Waals surface area (Å²) in [4.78, 5) is 0.947. The zero-order chi connectivity index (χ0) is 11.3. The van der Waals surface area contributed by atoms with Crippen LogP contribution in [-0.4, -0.2) is 13.1 Å². The molecule has 0 radical (unpaired) electrons. The molecule has 1 aromatic carbocycles. The summed E-state index contributed by atoms with van der Waals surface area (Å²) in [6.45, 7) is 3.76. The maximum absolute atomic E-state index is 6.09. The highest BCUT2D eigenvalue weighted by molar-refractivity contribution is 7.80. The molecule has 0 aliphatic carbocycles. The molecule has 0 aliphatic rings. The Hall–Kier alpha value is -0.770. The molecular formula is C12H18N2S. The maximum atomic E-state index is 6.09. The van der Waals surface area contributed by atoms with Crippen LogP contribution in [0.2, 0.25) is 0 Å². The third-order valence-corrected chi connectivity index (χ3v) is 2.74. The highest BCUT2D eigenvalue weighted by Crippen LogP contribution is 2.18. The third-order valence-electron chi connectivity index (χ3n) is 2.46. The Morgan fingerprint density at radius 2 is 2.33 bits per heavy atom. The summed E-state index contributed by atoms with van der Waals surface area (Å²) in [7, 11) is 1.91. The van der Waals surface area contributed by atoms with Gasteiger partial charge in [-0.3, -0.25) is 0 Å². The van der Waals surface area contributed by atoms with Crippen molar-refractivity contribution in [1.82, 2.24) is 5.32 Å². The van der Waals surface area contributed by atoms with E-state index < -0.39 is 0 Å². The van der Waals surface area contributed by atoms with Gasteiger partial charge in [-0.25, -0.2) is 0 Å². The molecule has 0 bridgehead atoms. The predicted molar refractivity (Wildman–Crippen MR) is 68.3 cm³/mol. The van der Waals surface area contributed by atoms with E-state index in [1.54, 1.807) is 0 Å². The van der Waals surface area contributed by atoms with Gasteiger partial charge in [-0.15, -0.1) is 19.2 Å². The van der Waals surface area contributed by atoms with Crippen LogP contribution in [0.15, 0.2) is 41.8 Å². The molecule has 2 atom stereocenters. The van der Waals surface area contributed by atoms with Crippen LogP contribution in [0.1, 0.15) is 18.0 Å². The van der Waals surface area contributed by atoms with E-state index in [1.165, 1.54) is 0 Å². The SMILES string of the molecule is C=CC(CC(N)c1cccc(S)c1)NC. The molecule has 0 aromatic heterocycles. The highest BCUT2D eigenvalue weighted by Gasteiger charge is 2.10. The number of rotatable bonds is 5. The second-order valence-corrected chi connectivity index (χ2v) is 4.08. The third kappa shape index (κ3) is 3.70. The topological polar surface area (TPSA) is 38.0 Å². The van der Waals surface area contributed by atoms with E-state index in [2.05, 4.69) is 24.5 Å². The van der Waals surface area contributed by atoms with Crippen LogP contribution in [0.4, 0.5) is 0 Å². The van der Waals surface area contributed by atoms with Crippen LogP contribution >= 0.6 is 12.6 Å². The molecule has 2 nitrogen and oxygen atoms in total. The van der Waals surface area contributed by atoms with Gasteiger partial charge in [0.25, 0.3) is 0 Å². The quantitative estimate of drug-likeness (QED) is 0.527. The van der Waals surface area contributed by atoms with Gasteiger partial charge >= 0.3 is 0 Å². The molecule has 0 saturated heterocycles.